The fourth-order valence-electron chi connectivity index (χ4n) is 2.68. The van der Waals surface area contributed by atoms with Crippen molar-refractivity contribution in [1.29, 1.82) is 0 Å². The van der Waals surface area contributed by atoms with Crippen molar-refractivity contribution in [2.75, 3.05) is 38.6 Å². The number of benzene rings is 1. The highest BCUT2D eigenvalue weighted by atomic mass is 19.1. The number of hydrogen-bond donors (Lipinski definition) is 1. The van der Waals surface area contributed by atoms with E-state index in [0.29, 0.717) is 11.6 Å². The average molecular weight is 280 g/mol. The Morgan fingerprint density at radius 2 is 2.10 bits per heavy atom. The molecule has 0 saturated carbocycles. The molecule has 1 aromatic rings. The minimum absolute atomic E-state index is 0.0149. The second-order valence-corrected chi connectivity index (χ2v) is 5.60. The lowest BCUT2D eigenvalue weighted by Gasteiger charge is -2.32. The van der Waals surface area contributed by atoms with Crippen LogP contribution >= 0.6 is 0 Å². The second kappa shape index (κ2) is 6.22. The number of carboxylic acids is 1. The van der Waals surface area contributed by atoms with Crippen molar-refractivity contribution in [2.24, 2.45) is 5.92 Å². The van der Waals surface area contributed by atoms with Gasteiger partial charge in [0.2, 0.25) is 0 Å². The standard InChI is InChI=1S/C15H21FN2O2/c1-17-7-5-11(6-8-17)10-18(2)14-4-3-12(15(19)20)9-13(14)16/h3-4,9,11H,5-8,10H2,1-2H3,(H,19,20). The highest BCUT2D eigenvalue weighted by Crippen LogP contribution is 2.23. The largest absolute Gasteiger partial charge is 0.478 e. The molecule has 0 unspecified atom stereocenters. The Morgan fingerprint density at radius 3 is 2.65 bits per heavy atom. The summed E-state index contributed by atoms with van der Waals surface area (Å²) in [5.41, 5.74) is 0.452. The first-order valence-corrected chi connectivity index (χ1v) is 6.90. The Bertz CT molecular complexity index is 485. The van der Waals surface area contributed by atoms with Crippen LogP contribution in [0.1, 0.15) is 23.2 Å². The van der Waals surface area contributed by atoms with Gasteiger partial charge >= 0.3 is 5.97 Å². The van der Waals surface area contributed by atoms with Crippen LogP contribution in [0.3, 0.4) is 0 Å². The minimum atomic E-state index is -1.10. The van der Waals surface area contributed by atoms with Crippen molar-refractivity contribution in [3.05, 3.63) is 29.6 Å². The molecule has 1 aromatic carbocycles. The summed E-state index contributed by atoms with van der Waals surface area (Å²) in [7, 11) is 3.97. The van der Waals surface area contributed by atoms with Crippen LogP contribution in [0.5, 0.6) is 0 Å². The molecule has 4 nitrogen and oxygen atoms in total. The van der Waals surface area contributed by atoms with Gasteiger partial charge in [-0.25, -0.2) is 9.18 Å². The fraction of sp³-hybridized carbons (Fsp3) is 0.533. The lowest BCUT2D eigenvalue weighted by molar-refractivity contribution is 0.0696. The molecule has 5 heteroatoms. The van der Waals surface area contributed by atoms with Gasteiger partial charge in [-0.05, 0) is 57.1 Å². The maximum atomic E-state index is 14.0. The van der Waals surface area contributed by atoms with Gasteiger partial charge in [-0.15, -0.1) is 0 Å². The Labute approximate surface area is 118 Å². The zero-order valence-corrected chi connectivity index (χ0v) is 12.0. The van der Waals surface area contributed by atoms with E-state index in [1.807, 2.05) is 11.9 Å². The number of rotatable bonds is 4. The summed E-state index contributed by atoms with van der Waals surface area (Å²) in [5, 5.41) is 8.84. The normalized spacial score (nSPS) is 17.1. The maximum absolute atomic E-state index is 14.0. The lowest BCUT2D eigenvalue weighted by Crippen LogP contribution is -2.36. The number of carboxylic acid groups (broad SMARTS) is 1. The fourth-order valence-corrected chi connectivity index (χ4v) is 2.68. The summed E-state index contributed by atoms with van der Waals surface area (Å²) in [6.45, 7) is 2.97. The third-order valence-electron chi connectivity index (χ3n) is 3.98. The van der Waals surface area contributed by atoms with Gasteiger partial charge in [-0.1, -0.05) is 0 Å². The number of nitrogens with zero attached hydrogens (tertiary/aromatic N) is 2. The monoisotopic (exact) mass is 280 g/mol. The van der Waals surface area contributed by atoms with Crippen LogP contribution in [0.4, 0.5) is 10.1 Å². The molecule has 1 heterocycles. The highest BCUT2D eigenvalue weighted by Gasteiger charge is 2.19. The van der Waals surface area contributed by atoms with Gasteiger partial charge in [0.15, 0.2) is 0 Å². The van der Waals surface area contributed by atoms with E-state index in [-0.39, 0.29) is 5.56 Å². The maximum Gasteiger partial charge on any atom is 0.335 e. The van der Waals surface area contributed by atoms with E-state index in [4.69, 9.17) is 5.11 Å². The lowest BCUT2D eigenvalue weighted by atomic mass is 9.96. The summed E-state index contributed by atoms with van der Waals surface area (Å²) in [4.78, 5) is 15.0. The van der Waals surface area contributed by atoms with E-state index in [9.17, 15) is 9.18 Å². The molecule has 1 saturated heterocycles. The first kappa shape index (κ1) is 14.8. The number of anilines is 1. The summed E-state index contributed by atoms with van der Waals surface area (Å²) in [6, 6.07) is 4.09. The smallest absolute Gasteiger partial charge is 0.335 e. The molecule has 1 aliphatic rings. The molecule has 0 aliphatic carbocycles. The van der Waals surface area contributed by atoms with Crippen molar-refractivity contribution in [1.82, 2.24) is 4.90 Å². The molecular weight excluding hydrogens is 259 g/mol. The Morgan fingerprint density at radius 1 is 1.45 bits per heavy atom. The predicted molar refractivity (Wildman–Crippen MR) is 76.9 cm³/mol. The van der Waals surface area contributed by atoms with Gasteiger partial charge in [0.05, 0.1) is 11.3 Å². The van der Waals surface area contributed by atoms with Gasteiger partial charge < -0.3 is 14.9 Å². The number of aromatic carboxylic acids is 1. The molecule has 0 spiro atoms. The first-order valence-electron chi connectivity index (χ1n) is 6.90. The predicted octanol–water partition coefficient (Wildman–Crippen LogP) is 2.30. The van der Waals surface area contributed by atoms with E-state index in [0.717, 1.165) is 38.5 Å². The SMILES string of the molecule is CN1CCC(CN(C)c2ccc(C(=O)O)cc2F)CC1. The van der Waals surface area contributed by atoms with Crippen molar-refractivity contribution in [2.45, 2.75) is 12.8 Å². The van der Waals surface area contributed by atoms with Crippen LogP contribution in [-0.2, 0) is 0 Å². The number of halogens is 1. The topological polar surface area (TPSA) is 43.8 Å². The van der Waals surface area contributed by atoms with Crippen LogP contribution in [0.15, 0.2) is 18.2 Å². The van der Waals surface area contributed by atoms with Crippen LogP contribution in [-0.4, -0.2) is 49.7 Å². The molecule has 2 rings (SSSR count). The molecule has 0 aromatic heterocycles. The molecule has 20 heavy (non-hydrogen) atoms. The third kappa shape index (κ3) is 3.48. The zero-order chi connectivity index (χ0) is 14.7. The van der Waals surface area contributed by atoms with Crippen LogP contribution < -0.4 is 4.90 Å². The van der Waals surface area contributed by atoms with Crippen LogP contribution in [0.25, 0.3) is 0 Å². The molecule has 110 valence electrons. The molecule has 0 bridgehead atoms. The summed E-state index contributed by atoms with van der Waals surface area (Å²) in [5.74, 6) is -1.01. The molecule has 1 fully saturated rings. The number of carbonyl (C=O) groups is 1. The first-order chi connectivity index (χ1) is 9.47. The van der Waals surface area contributed by atoms with Gasteiger partial charge in [-0.3, -0.25) is 0 Å². The van der Waals surface area contributed by atoms with Crippen LogP contribution in [0.2, 0.25) is 0 Å². The van der Waals surface area contributed by atoms with Crippen molar-refractivity contribution in [3.63, 3.8) is 0 Å². The minimum Gasteiger partial charge on any atom is -0.478 e. The van der Waals surface area contributed by atoms with Crippen molar-refractivity contribution < 1.29 is 14.3 Å². The molecular formula is C15H21FN2O2. The zero-order valence-electron chi connectivity index (χ0n) is 12.0. The molecule has 0 radical (unpaired) electrons. The summed E-state index contributed by atoms with van der Waals surface area (Å²) in [6.07, 6.45) is 2.24. The van der Waals surface area contributed by atoms with E-state index < -0.39 is 11.8 Å². The second-order valence-electron chi connectivity index (χ2n) is 5.60. The van der Waals surface area contributed by atoms with Crippen molar-refractivity contribution >= 4 is 11.7 Å². The Balaban J connectivity index is 2.02. The van der Waals surface area contributed by atoms with Crippen molar-refractivity contribution in [3.8, 4) is 0 Å². The highest BCUT2D eigenvalue weighted by molar-refractivity contribution is 5.88. The molecule has 1 N–H and O–H groups in total. The quantitative estimate of drug-likeness (QED) is 0.919. The third-order valence-corrected chi connectivity index (χ3v) is 3.98. The van der Waals surface area contributed by atoms with E-state index >= 15 is 0 Å². The number of piperidine rings is 1. The van der Waals surface area contributed by atoms with Gasteiger partial charge in [-0.2, -0.15) is 0 Å². The molecule has 0 amide bonds. The average Bonchev–Trinajstić information content (AvgIpc) is 2.41. The Kier molecular flexibility index (Phi) is 4.60. The number of likely N-dealkylation sites (tertiary alicyclic amines) is 1. The van der Waals surface area contributed by atoms with Gasteiger partial charge in [0.1, 0.15) is 5.82 Å². The van der Waals surface area contributed by atoms with Gasteiger partial charge in [0, 0.05) is 13.6 Å². The van der Waals surface area contributed by atoms with E-state index in [1.165, 1.54) is 6.07 Å². The van der Waals surface area contributed by atoms with Crippen LogP contribution in [0, 0.1) is 11.7 Å². The summed E-state index contributed by atoms with van der Waals surface area (Å²) < 4.78 is 14.0. The van der Waals surface area contributed by atoms with Gasteiger partial charge in [0.25, 0.3) is 0 Å². The number of hydrogen-bond acceptors (Lipinski definition) is 3. The summed E-state index contributed by atoms with van der Waals surface area (Å²) >= 11 is 0. The Hall–Kier alpha value is -1.62. The van der Waals surface area contributed by atoms with E-state index in [1.54, 1.807) is 6.07 Å². The molecule has 0 atom stereocenters. The van der Waals surface area contributed by atoms with E-state index in [2.05, 4.69) is 11.9 Å². The molecule has 1 aliphatic heterocycles.